The molecule has 2 aromatic carbocycles. The maximum absolute atomic E-state index is 6.06. The molecule has 0 atom stereocenters. The number of ether oxygens (including phenoxy) is 2. The number of nitrogens with one attached hydrogen (secondary N) is 1. The van der Waals surface area contributed by atoms with Crippen molar-refractivity contribution in [2.75, 3.05) is 25.3 Å². The van der Waals surface area contributed by atoms with Crippen molar-refractivity contribution in [1.82, 2.24) is 0 Å². The predicted molar refractivity (Wildman–Crippen MR) is 78.7 cm³/mol. The molecular weight excluding hydrogens is 264 g/mol. The van der Waals surface area contributed by atoms with Gasteiger partial charge in [-0.2, -0.15) is 0 Å². The molecule has 5 heteroatoms. The minimum Gasteiger partial charge on any atom is -0.495 e. The van der Waals surface area contributed by atoms with Crippen molar-refractivity contribution in [2.45, 2.75) is 0 Å². The molecule has 0 amide bonds. The zero-order chi connectivity index (χ0) is 13.8. The summed E-state index contributed by atoms with van der Waals surface area (Å²) in [5.41, 5.74) is 8.05. The third kappa shape index (κ3) is 3.03. The van der Waals surface area contributed by atoms with Crippen LogP contribution in [0.2, 0.25) is 5.02 Å². The van der Waals surface area contributed by atoms with Gasteiger partial charge in [-0.25, -0.2) is 0 Å². The van der Waals surface area contributed by atoms with E-state index in [2.05, 4.69) is 5.32 Å². The van der Waals surface area contributed by atoms with Gasteiger partial charge in [0, 0.05) is 23.5 Å². The van der Waals surface area contributed by atoms with Crippen LogP contribution in [0.25, 0.3) is 0 Å². The molecule has 0 bridgehead atoms. The van der Waals surface area contributed by atoms with E-state index in [1.165, 1.54) is 0 Å². The summed E-state index contributed by atoms with van der Waals surface area (Å²) in [7, 11) is 3.15. The van der Waals surface area contributed by atoms with Crippen LogP contribution in [0.3, 0.4) is 0 Å². The lowest BCUT2D eigenvalue weighted by Gasteiger charge is -2.14. The Morgan fingerprint density at radius 2 is 1.79 bits per heavy atom. The number of anilines is 3. The van der Waals surface area contributed by atoms with Crippen LogP contribution in [0.4, 0.5) is 17.1 Å². The number of rotatable bonds is 4. The molecule has 0 unspecified atom stereocenters. The SMILES string of the molecule is COc1cc(Nc2cccc(N)c2)c(OC)cc1Cl. The first-order chi connectivity index (χ1) is 9.13. The number of nitrogens with two attached hydrogens (primary N) is 1. The van der Waals surface area contributed by atoms with Crippen LogP contribution in [0.5, 0.6) is 11.5 Å². The molecule has 0 aliphatic carbocycles. The highest BCUT2D eigenvalue weighted by Gasteiger charge is 2.10. The lowest BCUT2D eigenvalue weighted by atomic mass is 10.2. The predicted octanol–water partition coefficient (Wildman–Crippen LogP) is 3.68. The summed E-state index contributed by atoms with van der Waals surface area (Å²) in [5.74, 6) is 1.21. The van der Waals surface area contributed by atoms with E-state index in [1.807, 2.05) is 24.3 Å². The molecule has 0 spiro atoms. The van der Waals surface area contributed by atoms with E-state index >= 15 is 0 Å². The van der Waals surface area contributed by atoms with Crippen molar-refractivity contribution in [2.24, 2.45) is 0 Å². The normalized spacial score (nSPS) is 10.1. The van der Waals surface area contributed by atoms with Crippen LogP contribution >= 0.6 is 11.6 Å². The van der Waals surface area contributed by atoms with E-state index in [4.69, 9.17) is 26.8 Å². The summed E-state index contributed by atoms with van der Waals surface area (Å²) in [6.45, 7) is 0. The molecule has 0 aromatic heterocycles. The average molecular weight is 279 g/mol. The quantitative estimate of drug-likeness (QED) is 0.838. The highest BCUT2D eigenvalue weighted by molar-refractivity contribution is 6.32. The largest absolute Gasteiger partial charge is 0.495 e. The van der Waals surface area contributed by atoms with E-state index in [1.54, 1.807) is 26.4 Å². The van der Waals surface area contributed by atoms with Crippen LogP contribution in [0.1, 0.15) is 0 Å². The highest BCUT2D eigenvalue weighted by Crippen LogP contribution is 2.37. The maximum atomic E-state index is 6.06. The third-order valence-corrected chi connectivity index (χ3v) is 2.93. The molecule has 19 heavy (non-hydrogen) atoms. The average Bonchev–Trinajstić information content (AvgIpc) is 2.40. The molecule has 0 radical (unpaired) electrons. The van der Waals surface area contributed by atoms with Crippen molar-refractivity contribution in [3.63, 3.8) is 0 Å². The Hall–Kier alpha value is -2.07. The summed E-state index contributed by atoms with van der Waals surface area (Å²) < 4.78 is 10.5. The minimum atomic E-state index is 0.498. The van der Waals surface area contributed by atoms with Gasteiger partial charge < -0.3 is 20.5 Å². The summed E-state index contributed by atoms with van der Waals surface area (Å²) >= 11 is 6.06. The lowest BCUT2D eigenvalue weighted by molar-refractivity contribution is 0.405. The van der Waals surface area contributed by atoms with Crippen LogP contribution < -0.4 is 20.5 Å². The van der Waals surface area contributed by atoms with Gasteiger partial charge in [-0.3, -0.25) is 0 Å². The van der Waals surface area contributed by atoms with Gasteiger partial charge in [-0.05, 0) is 18.2 Å². The monoisotopic (exact) mass is 278 g/mol. The fraction of sp³-hybridized carbons (Fsp3) is 0.143. The van der Waals surface area contributed by atoms with E-state index in [0.717, 1.165) is 11.4 Å². The highest BCUT2D eigenvalue weighted by atomic mass is 35.5. The molecule has 0 saturated heterocycles. The zero-order valence-electron chi connectivity index (χ0n) is 10.7. The molecule has 2 aromatic rings. The van der Waals surface area contributed by atoms with Gasteiger partial charge in [-0.15, -0.1) is 0 Å². The topological polar surface area (TPSA) is 56.5 Å². The van der Waals surface area contributed by atoms with E-state index in [0.29, 0.717) is 22.2 Å². The number of hydrogen-bond acceptors (Lipinski definition) is 4. The molecule has 0 heterocycles. The van der Waals surface area contributed by atoms with Crippen LogP contribution in [0, 0.1) is 0 Å². The summed E-state index contributed by atoms with van der Waals surface area (Å²) in [4.78, 5) is 0. The van der Waals surface area contributed by atoms with Crippen molar-refractivity contribution < 1.29 is 9.47 Å². The second-order valence-corrected chi connectivity index (χ2v) is 4.34. The van der Waals surface area contributed by atoms with Gasteiger partial charge in [0.1, 0.15) is 11.5 Å². The van der Waals surface area contributed by atoms with Gasteiger partial charge in [0.15, 0.2) is 0 Å². The Morgan fingerprint density at radius 3 is 2.42 bits per heavy atom. The van der Waals surface area contributed by atoms with Crippen molar-refractivity contribution >= 4 is 28.7 Å². The Balaban J connectivity index is 2.38. The summed E-state index contributed by atoms with van der Waals surface area (Å²) in [6, 6.07) is 10.9. The Morgan fingerprint density at radius 1 is 1.05 bits per heavy atom. The summed E-state index contributed by atoms with van der Waals surface area (Å²) in [6.07, 6.45) is 0. The van der Waals surface area contributed by atoms with Crippen LogP contribution in [-0.2, 0) is 0 Å². The van der Waals surface area contributed by atoms with Gasteiger partial charge in [0.05, 0.1) is 24.9 Å². The maximum Gasteiger partial charge on any atom is 0.144 e. The van der Waals surface area contributed by atoms with Gasteiger partial charge in [-0.1, -0.05) is 17.7 Å². The lowest BCUT2D eigenvalue weighted by Crippen LogP contribution is -1.97. The second-order valence-electron chi connectivity index (χ2n) is 3.94. The Kier molecular flexibility index (Phi) is 4.02. The minimum absolute atomic E-state index is 0.498. The van der Waals surface area contributed by atoms with Gasteiger partial charge in [0.25, 0.3) is 0 Å². The number of methoxy groups -OCH3 is 2. The smallest absolute Gasteiger partial charge is 0.144 e. The van der Waals surface area contributed by atoms with Crippen molar-refractivity contribution in [3.05, 3.63) is 41.4 Å². The fourth-order valence-electron chi connectivity index (χ4n) is 1.73. The number of nitrogen functional groups attached to an aromatic ring is 1. The van der Waals surface area contributed by atoms with Crippen LogP contribution in [-0.4, -0.2) is 14.2 Å². The van der Waals surface area contributed by atoms with E-state index in [9.17, 15) is 0 Å². The Bertz CT molecular complexity index is 588. The molecule has 4 nitrogen and oxygen atoms in total. The first kappa shape index (κ1) is 13.4. The molecular formula is C14H15ClN2O2. The third-order valence-electron chi connectivity index (χ3n) is 2.64. The number of halogens is 1. The number of benzene rings is 2. The van der Waals surface area contributed by atoms with Crippen molar-refractivity contribution in [1.29, 1.82) is 0 Å². The second kappa shape index (κ2) is 5.71. The molecule has 0 aliphatic heterocycles. The molecule has 0 saturated carbocycles. The molecule has 0 aliphatic rings. The first-order valence-electron chi connectivity index (χ1n) is 5.68. The molecule has 2 rings (SSSR count). The van der Waals surface area contributed by atoms with E-state index < -0.39 is 0 Å². The van der Waals surface area contributed by atoms with Crippen molar-refractivity contribution in [3.8, 4) is 11.5 Å². The zero-order valence-corrected chi connectivity index (χ0v) is 11.5. The standard InChI is InChI=1S/C14H15ClN2O2/c1-18-13-8-12(14(19-2)7-11(13)15)17-10-5-3-4-9(16)6-10/h3-8,17H,16H2,1-2H3. The Labute approximate surface area is 117 Å². The first-order valence-corrected chi connectivity index (χ1v) is 6.06. The molecule has 0 fully saturated rings. The number of hydrogen-bond donors (Lipinski definition) is 2. The molecule has 100 valence electrons. The van der Waals surface area contributed by atoms with Gasteiger partial charge in [0.2, 0.25) is 0 Å². The van der Waals surface area contributed by atoms with Crippen LogP contribution in [0.15, 0.2) is 36.4 Å². The van der Waals surface area contributed by atoms with E-state index in [-0.39, 0.29) is 0 Å². The fourth-order valence-corrected chi connectivity index (χ4v) is 1.96. The van der Waals surface area contributed by atoms with Gasteiger partial charge >= 0.3 is 0 Å². The molecule has 3 N–H and O–H groups in total. The summed E-state index contributed by atoms with van der Waals surface area (Å²) in [5, 5.41) is 3.72.